The molecular formula is C21H21ClFN3O2S. The molecule has 29 heavy (non-hydrogen) atoms. The number of anilines is 1. The van der Waals surface area contributed by atoms with Gasteiger partial charge in [0.1, 0.15) is 11.1 Å². The first kappa shape index (κ1) is 21.3. The van der Waals surface area contributed by atoms with Gasteiger partial charge in [0, 0.05) is 19.2 Å². The Morgan fingerprint density at radius 1 is 1.24 bits per heavy atom. The molecule has 0 saturated carbocycles. The van der Waals surface area contributed by atoms with Gasteiger partial charge in [-0.25, -0.2) is 9.38 Å². The van der Waals surface area contributed by atoms with Gasteiger partial charge in [0.05, 0.1) is 10.7 Å². The van der Waals surface area contributed by atoms with Gasteiger partial charge in [0.25, 0.3) is 0 Å². The fourth-order valence-corrected chi connectivity index (χ4v) is 4.53. The summed E-state index contributed by atoms with van der Waals surface area (Å²) in [4.78, 5) is 30.9. The zero-order chi connectivity index (χ0) is 21.3. The minimum Gasteiger partial charge on any atom is -0.326 e. The first-order valence-corrected chi connectivity index (χ1v) is 10.3. The van der Waals surface area contributed by atoms with Crippen LogP contribution in [0.5, 0.6) is 0 Å². The van der Waals surface area contributed by atoms with E-state index >= 15 is 0 Å². The Balaban J connectivity index is 1.72. The van der Waals surface area contributed by atoms with Crippen LogP contribution in [0.25, 0.3) is 0 Å². The molecule has 0 aromatic heterocycles. The van der Waals surface area contributed by atoms with E-state index in [2.05, 4.69) is 10.3 Å². The Morgan fingerprint density at radius 3 is 2.52 bits per heavy atom. The third kappa shape index (κ3) is 4.79. The summed E-state index contributed by atoms with van der Waals surface area (Å²) in [6, 6.07) is 8.11. The number of nitrogens with one attached hydrogen (secondary N) is 1. The number of nitrogens with zero attached hydrogens (tertiary/aromatic N) is 2. The lowest BCUT2D eigenvalue weighted by Crippen LogP contribution is -2.30. The molecule has 0 aliphatic carbocycles. The number of carbonyl (C=O) groups excluding carboxylic acids is 2. The molecule has 1 aliphatic rings. The zero-order valence-electron chi connectivity index (χ0n) is 16.5. The predicted molar refractivity (Wildman–Crippen MR) is 117 cm³/mol. The van der Waals surface area contributed by atoms with Crippen LogP contribution in [-0.4, -0.2) is 34.2 Å². The topological polar surface area (TPSA) is 61.8 Å². The molecule has 0 unspecified atom stereocenters. The molecule has 1 fully saturated rings. The van der Waals surface area contributed by atoms with Crippen LogP contribution in [0.15, 0.2) is 35.3 Å². The second-order valence-electron chi connectivity index (χ2n) is 7.02. The van der Waals surface area contributed by atoms with Gasteiger partial charge >= 0.3 is 0 Å². The highest BCUT2D eigenvalue weighted by atomic mass is 35.5. The Labute approximate surface area is 178 Å². The molecule has 0 bridgehead atoms. The van der Waals surface area contributed by atoms with Crippen molar-refractivity contribution in [3.63, 3.8) is 0 Å². The first-order valence-electron chi connectivity index (χ1n) is 9.01. The highest BCUT2D eigenvalue weighted by molar-refractivity contribution is 8.15. The number of thioether (sulfide) groups is 1. The lowest BCUT2D eigenvalue weighted by Gasteiger charge is -2.14. The van der Waals surface area contributed by atoms with Crippen LogP contribution in [-0.2, 0) is 9.59 Å². The van der Waals surface area contributed by atoms with E-state index < -0.39 is 11.1 Å². The quantitative estimate of drug-likeness (QED) is 0.738. The van der Waals surface area contributed by atoms with Gasteiger partial charge in [-0.15, -0.1) is 0 Å². The van der Waals surface area contributed by atoms with E-state index in [9.17, 15) is 14.0 Å². The number of benzene rings is 2. The van der Waals surface area contributed by atoms with Crippen LogP contribution in [0.4, 0.5) is 15.8 Å². The average Bonchev–Trinajstić information content (AvgIpc) is 2.89. The molecule has 2 amide bonds. The smallest absolute Gasteiger partial charge is 0.242 e. The molecule has 1 N–H and O–H groups in total. The van der Waals surface area contributed by atoms with Crippen LogP contribution < -0.4 is 5.32 Å². The number of halogens is 2. The van der Waals surface area contributed by atoms with Gasteiger partial charge in [0.2, 0.25) is 11.8 Å². The Morgan fingerprint density at radius 2 is 1.90 bits per heavy atom. The standard InChI is InChI=1S/C21H21ClFN3O2S/c1-11-7-12(2)19(13(3)8-11)25-18(27)10-17-20(28)26(4)21(29-17)24-14-5-6-16(23)15(22)9-14/h5-9,17H,10H2,1-4H3,(H,25,27)/t17-/m1/s1. The number of amides is 2. The molecule has 1 saturated heterocycles. The average molecular weight is 434 g/mol. The minimum atomic E-state index is -0.569. The van der Waals surface area contributed by atoms with Gasteiger partial charge in [-0.2, -0.15) is 0 Å². The molecule has 2 aromatic carbocycles. The molecule has 152 valence electrons. The van der Waals surface area contributed by atoms with Crippen molar-refractivity contribution in [2.75, 3.05) is 12.4 Å². The molecule has 3 rings (SSSR count). The van der Waals surface area contributed by atoms with E-state index in [4.69, 9.17) is 11.6 Å². The summed E-state index contributed by atoms with van der Waals surface area (Å²) in [5.41, 5.74) is 4.30. The number of rotatable bonds is 4. The van der Waals surface area contributed by atoms with E-state index in [1.54, 1.807) is 7.05 Å². The van der Waals surface area contributed by atoms with Crippen molar-refractivity contribution in [1.82, 2.24) is 4.90 Å². The third-order valence-corrected chi connectivity index (χ3v) is 6.10. The second kappa shape index (κ2) is 8.55. The Kier molecular flexibility index (Phi) is 6.29. The maximum absolute atomic E-state index is 13.3. The van der Waals surface area contributed by atoms with Crippen molar-refractivity contribution < 1.29 is 14.0 Å². The number of aliphatic imine (C=N–C) groups is 1. The van der Waals surface area contributed by atoms with Gasteiger partial charge in [-0.05, 0) is 50.1 Å². The number of hydrogen-bond acceptors (Lipinski definition) is 4. The fraction of sp³-hybridized carbons (Fsp3) is 0.286. The summed E-state index contributed by atoms with van der Waals surface area (Å²) in [5.74, 6) is -0.963. The maximum atomic E-state index is 13.3. The maximum Gasteiger partial charge on any atom is 0.242 e. The lowest BCUT2D eigenvalue weighted by atomic mass is 10.0. The van der Waals surface area contributed by atoms with Crippen LogP contribution in [0.2, 0.25) is 5.02 Å². The molecule has 1 heterocycles. The summed E-state index contributed by atoms with van der Waals surface area (Å²) in [5, 5.41) is 2.76. The van der Waals surface area contributed by atoms with Crippen molar-refractivity contribution in [1.29, 1.82) is 0 Å². The third-order valence-electron chi connectivity index (χ3n) is 4.58. The molecule has 0 spiro atoms. The summed E-state index contributed by atoms with van der Waals surface area (Å²) >= 11 is 7.00. The number of amidine groups is 1. The second-order valence-corrected chi connectivity index (χ2v) is 8.60. The Bertz CT molecular complexity index is 1000. The first-order chi connectivity index (χ1) is 13.7. The van der Waals surface area contributed by atoms with Crippen molar-refractivity contribution in [2.45, 2.75) is 32.4 Å². The zero-order valence-corrected chi connectivity index (χ0v) is 18.1. The monoisotopic (exact) mass is 433 g/mol. The minimum absolute atomic E-state index is 0.0315. The molecule has 1 atom stereocenters. The number of carbonyl (C=O) groups is 2. The van der Waals surface area contributed by atoms with Crippen LogP contribution in [0, 0.1) is 26.6 Å². The highest BCUT2D eigenvalue weighted by Crippen LogP contribution is 2.32. The van der Waals surface area contributed by atoms with E-state index in [0.717, 1.165) is 22.4 Å². The van der Waals surface area contributed by atoms with Crippen LogP contribution >= 0.6 is 23.4 Å². The van der Waals surface area contributed by atoms with Crippen LogP contribution in [0.1, 0.15) is 23.1 Å². The molecule has 8 heteroatoms. The van der Waals surface area contributed by atoms with E-state index in [1.165, 1.54) is 34.9 Å². The van der Waals surface area contributed by atoms with Gasteiger partial charge in [0.15, 0.2) is 5.17 Å². The molecular weight excluding hydrogens is 413 g/mol. The number of aryl methyl sites for hydroxylation is 3. The number of hydrogen-bond donors (Lipinski definition) is 1. The molecule has 1 aliphatic heterocycles. The summed E-state index contributed by atoms with van der Waals surface area (Å²) < 4.78 is 13.3. The molecule has 0 radical (unpaired) electrons. The normalized spacial score (nSPS) is 17.9. The van der Waals surface area contributed by atoms with Gasteiger partial charge in [-0.1, -0.05) is 41.1 Å². The van der Waals surface area contributed by atoms with E-state index in [0.29, 0.717) is 10.9 Å². The van der Waals surface area contributed by atoms with Gasteiger partial charge < -0.3 is 5.32 Å². The molecule has 2 aromatic rings. The lowest BCUT2D eigenvalue weighted by molar-refractivity contribution is -0.127. The largest absolute Gasteiger partial charge is 0.326 e. The summed E-state index contributed by atoms with van der Waals surface area (Å²) in [7, 11) is 1.60. The predicted octanol–water partition coefficient (Wildman–Crippen LogP) is 4.99. The summed E-state index contributed by atoms with van der Waals surface area (Å²) in [6.45, 7) is 5.89. The SMILES string of the molecule is Cc1cc(C)c(NC(=O)C[C@H]2SC(=Nc3ccc(F)c(Cl)c3)N(C)C2=O)c(C)c1. The van der Waals surface area contributed by atoms with Crippen molar-refractivity contribution in [3.8, 4) is 0 Å². The van der Waals surface area contributed by atoms with E-state index in [-0.39, 0.29) is 23.3 Å². The molecule has 5 nitrogen and oxygen atoms in total. The summed E-state index contributed by atoms with van der Waals surface area (Å²) in [6.07, 6.45) is 0.0315. The Hall–Kier alpha value is -2.38. The van der Waals surface area contributed by atoms with Gasteiger partial charge in [-0.3, -0.25) is 14.5 Å². The van der Waals surface area contributed by atoms with Crippen molar-refractivity contribution in [3.05, 3.63) is 57.9 Å². The highest BCUT2D eigenvalue weighted by Gasteiger charge is 2.37. The van der Waals surface area contributed by atoms with Crippen molar-refractivity contribution >= 4 is 51.7 Å². The fourth-order valence-electron chi connectivity index (χ4n) is 3.20. The van der Waals surface area contributed by atoms with Crippen LogP contribution in [0.3, 0.4) is 0 Å². The van der Waals surface area contributed by atoms with Crippen molar-refractivity contribution in [2.24, 2.45) is 4.99 Å². The van der Waals surface area contributed by atoms with E-state index in [1.807, 2.05) is 32.9 Å².